The van der Waals surface area contributed by atoms with Crippen molar-refractivity contribution in [2.24, 2.45) is 0 Å². The SMILES string of the molecule is FC(F)c1nnc(-c2ccc(Cn3cc(-c4cccc(N5CCOCC5)c4)nn3)nc2)o1. The number of nitrogens with zero attached hydrogens (tertiary/aromatic N) is 7. The lowest BCUT2D eigenvalue weighted by Crippen LogP contribution is -2.36. The molecule has 0 N–H and O–H groups in total. The Morgan fingerprint density at radius 2 is 1.88 bits per heavy atom. The summed E-state index contributed by atoms with van der Waals surface area (Å²) in [5, 5.41) is 15.4. The minimum absolute atomic E-state index is 0.00235. The van der Waals surface area contributed by atoms with E-state index >= 15 is 0 Å². The van der Waals surface area contributed by atoms with Gasteiger partial charge in [-0.25, -0.2) is 4.68 Å². The normalized spacial score (nSPS) is 14.3. The monoisotopic (exact) mass is 439 g/mol. The van der Waals surface area contributed by atoms with Crippen LogP contribution in [0.25, 0.3) is 22.7 Å². The maximum Gasteiger partial charge on any atom is 0.314 e. The van der Waals surface area contributed by atoms with Crippen LogP contribution in [0.5, 0.6) is 0 Å². The number of anilines is 1. The first-order chi connectivity index (χ1) is 15.7. The van der Waals surface area contributed by atoms with Gasteiger partial charge in [0, 0.05) is 30.5 Å². The number of hydrogen-bond donors (Lipinski definition) is 0. The molecule has 1 fully saturated rings. The minimum Gasteiger partial charge on any atom is -0.415 e. The van der Waals surface area contributed by atoms with Crippen molar-refractivity contribution in [3.05, 3.63) is 60.4 Å². The molecular weight excluding hydrogens is 420 g/mol. The van der Waals surface area contributed by atoms with Crippen molar-refractivity contribution in [3.8, 4) is 22.7 Å². The number of hydrogen-bond acceptors (Lipinski definition) is 8. The largest absolute Gasteiger partial charge is 0.415 e. The molecule has 3 aromatic heterocycles. The first-order valence-electron chi connectivity index (χ1n) is 10.1. The number of pyridine rings is 1. The zero-order valence-electron chi connectivity index (χ0n) is 16.9. The van der Waals surface area contributed by atoms with Crippen molar-refractivity contribution in [2.75, 3.05) is 31.2 Å². The summed E-state index contributed by atoms with van der Waals surface area (Å²) in [6.45, 7) is 3.59. The lowest BCUT2D eigenvalue weighted by atomic mass is 10.1. The summed E-state index contributed by atoms with van der Waals surface area (Å²) >= 11 is 0. The Morgan fingerprint density at radius 1 is 1.00 bits per heavy atom. The van der Waals surface area contributed by atoms with Gasteiger partial charge in [-0.05, 0) is 24.3 Å². The Bertz CT molecular complexity index is 1190. The van der Waals surface area contributed by atoms with E-state index in [1.54, 1.807) is 16.8 Å². The van der Waals surface area contributed by atoms with Crippen LogP contribution >= 0.6 is 0 Å². The van der Waals surface area contributed by atoms with E-state index in [1.165, 1.54) is 6.20 Å². The average Bonchev–Trinajstić information content (AvgIpc) is 3.51. The van der Waals surface area contributed by atoms with Crippen LogP contribution in [0.3, 0.4) is 0 Å². The summed E-state index contributed by atoms with van der Waals surface area (Å²) in [6, 6.07) is 11.6. The van der Waals surface area contributed by atoms with Crippen LogP contribution in [-0.2, 0) is 11.3 Å². The highest BCUT2D eigenvalue weighted by molar-refractivity contribution is 5.65. The molecule has 0 atom stereocenters. The molecule has 0 saturated carbocycles. The Kier molecular flexibility index (Phi) is 5.55. The molecule has 9 nitrogen and oxygen atoms in total. The second kappa shape index (κ2) is 8.79. The van der Waals surface area contributed by atoms with Gasteiger partial charge >= 0.3 is 6.43 Å². The van der Waals surface area contributed by atoms with Crippen molar-refractivity contribution in [2.45, 2.75) is 13.0 Å². The molecule has 11 heteroatoms. The van der Waals surface area contributed by atoms with Gasteiger partial charge in [0.05, 0.1) is 37.2 Å². The van der Waals surface area contributed by atoms with Crippen molar-refractivity contribution < 1.29 is 17.9 Å². The van der Waals surface area contributed by atoms with E-state index in [4.69, 9.17) is 9.15 Å². The van der Waals surface area contributed by atoms with E-state index in [-0.39, 0.29) is 5.89 Å². The number of aromatic nitrogens is 6. The minimum atomic E-state index is -2.81. The molecule has 0 unspecified atom stereocenters. The van der Waals surface area contributed by atoms with Crippen LogP contribution in [0.15, 0.2) is 53.2 Å². The van der Waals surface area contributed by atoms with Gasteiger partial charge in [0.15, 0.2) is 0 Å². The van der Waals surface area contributed by atoms with E-state index in [2.05, 4.69) is 42.5 Å². The third-order valence-electron chi connectivity index (χ3n) is 5.08. The van der Waals surface area contributed by atoms with E-state index in [1.807, 2.05) is 18.3 Å². The summed E-state index contributed by atoms with van der Waals surface area (Å²) in [6.07, 6.45) is 0.558. The predicted octanol–water partition coefficient (Wildman–Crippen LogP) is 3.21. The zero-order valence-corrected chi connectivity index (χ0v) is 16.9. The molecule has 5 rings (SSSR count). The summed E-state index contributed by atoms with van der Waals surface area (Å²) in [5.74, 6) is -0.709. The molecule has 0 aliphatic carbocycles. The second-order valence-corrected chi connectivity index (χ2v) is 7.24. The number of alkyl halides is 2. The van der Waals surface area contributed by atoms with Gasteiger partial charge in [-0.2, -0.15) is 8.78 Å². The summed E-state index contributed by atoms with van der Waals surface area (Å²) < 4.78 is 37.3. The maximum atomic E-state index is 12.6. The second-order valence-electron chi connectivity index (χ2n) is 7.24. The molecule has 0 spiro atoms. The molecule has 32 heavy (non-hydrogen) atoms. The lowest BCUT2D eigenvalue weighted by molar-refractivity contribution is 0.116. The van der Waals surface area contributed by atoms with Crippen LogP contribution in [0.2, 0.25) is 0 Å². The van der Waals surface area contributed by atoms with Gasteiger partial charge in [0.25, 0.3) is 5.89 Å². The molecule has 4 aromatic rings. The fourth-order valence-corrected chi connectivity index (χ4v) is 3.44. The molecule has 1 saturated heterocycles. The quantitative estimate of drug-likeness (QED) is 0.452. The first-order valence-corrected chi connectivity index (χ1v) is 10.1. The third kappa shape index (κ3) is 4.33. The molecule has 0 bridgehead atoms. The number of ether oxygens (including phenoxy) is 1. The molecule has 1 aromatic carbocycles. The van der Waals surface area contributed by atoms with Crippen molar-refractivity contribution in [3.63, 3.8) is 0 Å². The first kappa shape index (κ1) is 20.2. The highest BCUT2D eigenvalue weighted by Crippen LogP contribution is 2.25. The van der Waals surface area contributed by atoms with Crippen LogP contribution < -0.4 is 4.90 Å². The van der Waals surface area contributed by atoms with E-state index < -0.39 is 12.3 Å². The highest BCUT2D eigenvalue weighted by atomic mass is 19.3. The maximum absolute atomic E-state index is 12.6. The van der Waals surface area contributed by atoms with Crippen LogP contribution in [0, 0.1) is 0 Å². The van der Waals surface area contributed by atoms with Crippen molar-refractivity contribution in [1.29, 1.82) is 0 Å². The molecule has 164 valence electrons. The molecule has 4 heterocycles. The number of morpholine rings is 1. The van der Waals surface area contributed by atoms with Gasteiger partial charge in [0.2, 0.25) is 5.89 Å². The van der Waals surface area contributed by atoms with Crippen LogP contribution in [0.4, 0.5) is 14.5 Å². The molecular formula is C21H19F2N7O2. The molecule has 1 aliphatic heterocycles. The Hall–Kier alpha value is -3.73. The van der Waals surface area contributed by atoms with Gasteiger partial charge in [-0.3, -0.25) is 4.98 Å². The molecule has 1 aliphatic rings. The summed E-state index contributed by atoms with van der Waals surface area (Å²) in [5.41, 5.74) is 4.07. The molecule has 0 radical (unpaired) electrons. The van der Waals surface area contributed by atoms with Crippen molar-refractivity contribution >= 4 is 5.69 Å². The Labute approximate surface area is 181 Å². The number of rotatable bonds is 6. The Morgan fingerprint density at radius 3 is 2.62 bits per heavy atom. The number of benzene rings is 1. The standard InChI is InChI=1S/C21H19F2N7O2/c22-19(23)21-27-26-20(32-21)15-4-5-16(24-11-15)12-30-13-18(25-28-30)14-2-1-3-17(10-14)29-6-8-31-9-7-29/h1-5,10-11,13,19H,6-9,12H2. The number of halogens is 2. The van der Waals surface area contributed by atoms with Crippen molar-refractivity contribution in [1.82, 2.24) is 30.2 Å². The smallest absolute Gasteiger partial charge is 0.314 e. The van der Waals surface area contributed by atoms with Gasteiger partial charge in [0.1, 0.15) is 5.69 Å². The van der Waals surface area contributed by atoms with Crippen LogP contribution in [0.1, 0.15) is 18.0 Å². The third-order valence-corrected chi connectivity index (χ3v) is 5.08. The fraction of sp³-hybridized carbons (Fsp3) is 0.286. The fourth-order valence-electron chi connectivity index (χ4n) is 3.44. The van der Waals surface area contributed by atoms with Crippen LogP contribution in [-0.4, -0.2) is 56.5 Å². The van der Waals surface area contributed by atoms with E-state index in [0.29, 0.717) is 12.1 Å². The summed E-state index contributed by atoms with van der Waals surface area (Å²) in [4.78, 5) is 6.63. The van der Waals surface area contributed by atoms with Gasteiger partial charge < -0.3 is 14.1 Å². The topological polar surface area (TPSA) is 95.0 Å². The van der Waals surface area contributed by atoms with Gasteiger partial charge in [-0.15, -0.1) is 15.3 Å². The van der Waals surface area contributed by atoms with E-state index in [9.17, 15) is 8.78 Å². The lowest BCUT2D eigenvalue weighted by Gasteiger charge is -2.29. The predicted molar refractivity (Wildman–Crippen MR) is 110 cm³/mol. The highest BCUT2D eigenvalue weighted by Gasteiger charge is 2.17. The summed E-state index contributed by atoms with van der Waals surface area (Å²) in [7, 11) is 0. The Balaban J connectivity index is 1.28. The van der Waals surface area contributed by atoms with Gasteiger partial charge in [-0.1, -0.05) is 17.3 Å². The zero-order chi connectivity index (χ0) is 21.9. The average molecular weight is 439 g/mol. The molecule has 0 amide bonds. The van der Waals surface area contributed by atoms with E-state index in [0.717, 1.165) is 48.9 Å².